The monoisotopic (exact) mass is 346 g/mol. The number of nitrogen functional groups attached to an aromatic ring is 1. The van der Waals surface area contributed by atoms with Gasteiger partial charge >= 0.3 is 0 Å². The summed E-state index contributed by atoms with van der Waals surface area (Å²) in [6.45, 7) is 0. The number of anilines is 1. The van der Waals surface area contributed by atoms with E-state index < -0.39 is 9.84 Å². The maximum atomic E-state index is 12.0. The Hall–Kier alpha value is -1.08. The minimum Gasteiger partial charge on any atom is -0.399 e. The van der Waals surface area contributed by atoms with Gasteiger partial charge in [0.05, 0.1) is 11.5 Å². The Morgan fingerprint density at radius 2 is 1.89 bits per heavy atom. The fraction of sp³-hybridized carbons (Fsp3) is 0.417. The lowest BCUT2D eigenvalue weighted by Gasteiger charge is -2.23. The molecule has 7 heteroatoms. The number of carbonyl (C=O) groups is 1. The van der Waals surface area contributed by atoms with Gasteiger partial charge in [-0.25, -0.2) is 8.42 Å². The predicted octanol–water partition coefficient (Wildman–Crippen LogP) is 1.34. The number of halogens is 1. The SMILES string of the molecule is Nc1cc(Br)cc(C(=O)NC2CCS(=O)(=O)CC2)c1. The number of nitrogens with one attached hydrogen (secondary N) is 1. The van der Waals surface area contributed by atoms with E-state index in [2.05, 4.69) is 21.2 Å². The molecule has 0 bridgehead atoms. The molecule has 104 valence electrons. The van der Waals surface area contributed by atoms with Crippen LogP contribution >= 0.6 is 15.9 Å². The van der Waals surface area contributed by atoms with E-state index in [0.717, 1.165) is 4.47 Å². The van der Waals surface area contributed by atoms with Gasteiger partial charge in [0, 0.05) is 21.8 Å². The smallest absolute Gasteiger partial charge is 0.251 e. The minimum absolute atomic E-state index is 0.0868. The number of carbonyl (C=O) groups excluding carboxylic acids is 1. The van der Waals surface area contributed by atoms with Crippen molar-refractivity contribution in [1.29, 1.82) is 0 Å². The zero-order valence-corrected chi connectivity index (χ0v) is 12.6. The summed E-state index contributed by atoms with van der Waals surface area (Å²) in [6.07, 6.45) is 0.940. The van der Waals surface area contributed by atoms with Gasteiger partial charge in [-0.05, 0) is 31.0 Å². The van der Waals surface area contributed by atoms with E-state index in [1.807, 2.05) is 0 Å². The Morgan fingerprint density at radius 3 is 2.47 bits per heavy atom. The molecular formula is C12H15BrN2O3S. The third kappa shape index (κ3) is 3.94. The molecule has 3 N–H and O–H groups in total. The first-order valence-electron chi connectivity index (χ1n) is 5.93. The molecule has 0 unspecified atom stereocenters. The van der Waals surface area contributed by atoms with Gasteiger partial charge in [0.25, 0.3) is 5.91 Å². The highest BCUT2D eigenvalue weighted by Gasteiger charge is 2.25. The molecule has 0 radical (unpaired) electrons. The molecule has 1 amide bonds. The highest BCUT2D eigenvalue weighted by atomic mass is 79.9. The molecule has 19 heavy (non-hydrogen) atoms. The molecule has 0 atom stereocenters. The summed E-state index contributed by atoms with van der Waals surface area (Å²) < 4.78 is 23.4. The first kappa shape index (κ1) is 14.3. The van der Waals surface area contributed by atoms with Crippen molar-refractivity contribution in [3.05, 3.63) is 28.2 Å². The van der Waals surface area contributed by atoms with Gasteiger partial charge < -0.3 is 11.1 Å². The van der Waals surface area contributed by atoms with Gasteiger partial charge in [0.1, 0.15) is 9.84 Å². The van der Waals surface area contributed by atoms with Gasteiger partial charge in [0.2, 0.25) is 0 Å². The number of amides is 1. The summed E-state index contributed by atoms with van der Waals surface area (Å²) in [5, 5.41) is 2.85. The summed E-state index contributed by atoms with van der Waals surface area (Å²) in [4.78, 5) is 12.0. The maximum absolute atomic E-state index is 12.0. The third-order valence-electron chi connectivity index (χ3n) is 3.07. The van der Waals surface area contributed by atoms with Crippen LogP contribution in [0, 0.1) is 0 Å². The van der Waals surface area contributed by atoms with E-state index in [-0.39, 0.29) is 23.5 Å². The van der Waals surface area contributed by atoms with Crippen LogP contribution in [-0.2, 0) is 9.84 Å². The molecule has 1 aliphatic rings. The van der Waals surface area contributed by atoms with Crippen molar-refractivity contribution in [2.45, 2.75) is 18.9 Å². The van der Waals surface area contributed by atoms with Crippen molar-refractivity contribution in [2.75, 3.05) is 17.2 Å². The molecule has 1 saturated heterocycles. The summed E-state index contributed by atoms with van der Waals surface area (Å²) in [6, 6.07) is 4.91. The summed E-state index contributed by atoms with van der Waals surface area (Å²) in [5.74, 6) is 0.0502. The minimum atomic E-state index is -2.91. The predicted molar refractivity (Wildman–Crippen MR) is 77.7 cm³/mol. The quantitative estimate of drug-likeness (QED) is 0.790. The topological polar surface area (TPSA) is 89.3 Å². The fourth-order valence-electron chi connectivity index (χ4n) is 2.05. The van der Waals surface area contributed by atoms with Crippen molar-refractivity contribution in [3.63, 3.8) is 0 Å². The molecular weight excluding hydrogens is 332 g/mol. The lowest BCUT2D eigenvalue weighted by atomic mass is 10.1. The van der Waals surface area contributed by atoms with E-state index in [0.29, 0.717) is 24.1 Å². The van der Waals surface area contributed by atoms with E-state index in [9.17, 15) is 13.2 Å². The highest BCUT2D eigenvalue weighted by molar-refractivity contribution is 9.10. The number of sulfone groups is 1. The normalized spacial score (nSPS) is 19.0. The molecule has 2 rings (SSSR count). The van der Waals surface area contributed by atoms with E-state index in [1.165, 1.54) is 0 Å². The molecule has 1 aromatic carbocycles. The van der Waals surface area contributed by atoms with Gasteiger partial charge in [-0.1, -0.05) is 15.9 Å². The standard InChI is InChI=1S/C12H15BrN2O3S/c13-9-5-8(6-10(14)7-9)12(16)15-11-1-3-19(17,18)4-2-11/h5-7,11H,1-4,14H2,(H,15,16). The van der Waals surface area contributed by atoms with Gasteiger partial charge in [-0.3, -0.25) is 4.79 Å². The van der Waals surface area contributed by atoms with Gasteiger partial charge in [0.15, 0.2) is 0 Å². The molecule has 1 aliphatic heterocycles. The van der Waals surface area contributed by atoms with Gasteiger partial charge in [-0.2, -0.15) is 0 Å². The summed E-state index contributed by atoms with van der Waals surface area (Å²) in [5.41, 5.74) is 6.65. The van der Waals surface area contributed by atoms with Crippen LogP contribution in [0.5, 0.6) is 0 Å². The van der Waals surface area contributed by atoms with Crippen LogP contribution in [-0.4, -0.2) is 31.9 Å². The second-order valence-corrected chi connectivity index (χ2v) is 7.89. The van der Waals surface area contributed by atoms with Crippen LogP contribution in [0.15, 0.2) is 22.7 Å². The second-order valence-electron chi connectivity index (χ2n) is 4.67. The lowest BCUT2D eigenvalue weighted by molar-refractivity contribution is 0.0934. The molecule has 0 aliphatic carbocycles. The fourth-order valence-corrected chi connectivity index (χ4v) is 4.05. The molecule has 0 aromatic heterocycles. The van der Waals surface area contributed by atoms with E-state index >= 15 is 0 Å². The molecule has 5 nitrogen and oxygen atoms in total. The number of nitrogens with two attached hydrogens (primary N) is 1. The molecule has 1 heterocycles. The molecule has 0 saturated carbocycles. The van der Waals surface area contributed by atoms with Crippen molar-refractivity contribution >= 4 is 37.4 Å². The zero-order chi connectivity index (χ0) is 14.0. The number of benzene rings is 1. The molecule has 1 fully saturated rings. The van der Waals surface area contributed by atoms with E-state index in [1.54, 1.807) is 18.2 Å². The van der Waals surface area contributed by atoms with Crippen LogP contribution in [0.25, 0.3) is 0 Å². The number of hydrogen-bond donors (Lipinski definition) is 2. The van der Waals surface area contributed by atoms with Crippen LogP contribution in [0.4, 0.5) is 5.69 Å². The Balaban J connectivity index is 2.02. The lowest BCUT2D eigenvalue weighted by Crippen LogP contribution is -2.40. The Morgan fingerprint density at radius 1 is 1.26 bits per heavy atom. The van der Waals surface area contributed by atoms with Crippen molar-refractivity contribution in [3.8, 4) is 0 Å². The Bertz CT molecular complexity index is 567. The molecule has 0 spiro atoms. The van der Waals surface area contributed by atoms with E-state index in [4.69, 9.17) is 5.73 Å². The second kappa shape index (κ2) is 5.50. The molecule has 1 aromatic rings. The van der Waals surface area contributed by atoms with Gasteiger partial charge in [-0.15, -0.1) is 0 Å². The average Bonchev–Trinajstić information content (AvgIpc) is 2.30. The number of rotatable bonds is 2. The third-order valence-corrected chi connectivity index (χ3v) is 5.25. The first-order chi connectivity index (χ1) is 8.85. The maximum Gasteiger partial charge on any atom is 0.251 e. The van der Waals surface area contributed by atoms with Crippen molar-refractivity contribution < 1.29 is 13.2 Å². The largest absolute Gasteiger partial charge is 0.399 e. The number of hydrogen-bond acceptors (Lipinski definition) is 4. The Kier molecular flexibility index (Phi) is 4.15. The van der Waals surface area contributed by atoms with Crippen LogP contribution < -0.4 is 11.1 Å². The van der Waals surface area contributed by atoms with Crippen molar-refractivity contribution in [2.24, 2.45) is 0 Å². The van der Waals surface area contributed by atoms with Crippen LogP contribution in [0.1, 0.15) is 23.2 Å². The first-order valence-corrected chi connectivity index (χ1v) is 8.54. The zero-order valence-electron chi connectivity index (χ0n) is 10.2. The Labute approximate surface area is 120 Å². The average molecular weight is 347 g/mol. The summed E-state index contributed by atoms with van der Waals surface area (Å²) in [7, 11) is -2.91. The van der Waals surface area contributed by atoms with Crippen molar-refractivity contribution in [1.82, 2.24) is 5.32 Å². The highest BCUT2D eigenvalue weighted by Crippen LogP contribution is 2.18. The van der Waals surface area contributed by atoms with Crippen LogP contribution in [0.3, 0.4) is 0 Å². The van der Waals surface area contributed by atoms with Crippen LogP contribution in [0.2, 0.25) is 0 Å². The summed E-state index contributed by atoms with van der Waals surface area (Å²) >= 11 is 3.28.